The number of halogens is 1. The first-order valence-electron chi connectivity index (χ1n) is 6.84. The van der Waals surface area contributed by atoms with Gasteiger partial charge >= 0.3 is 0 Å². The van der Waals surface area contributed by atoms with Gasteiger partial charge in [0.1, 0.15) is 5.82 Å². The third-order valence-corrected chi connectivity index (χ3v) is 3.77. The van der Waals surface area contributed by atoms with Crippen LogP contribution in [-0.4, -0.2) is 26.2 Å². The Kier molecular flexibility index (Phi) is 3.46. The molecule has 1 fully saturated rings. The van der Waals surface area contributed by atoms with Crippen LogP contribution < -0.4 is 15.5 Å². The smallest absolute Gasteiger partial charge is 0.148 e. The Labute approximate surface area is 118 Å². The molecule has 1 aliphatic heterocycles. The van der Waals surface area contributed by atoms with Crippen molar-refractivity contribution in [2.45, 2.75) is 0 Å². The van der Waals surface area contributed by atoms with Gasteiger partial charge in [-0.1, -0.05) is 24.3 Å². The molecule has 0 saturated carbocycles. The standard InChI is InChI=1S/C16H18FN3/c17-14-7-4-8-15(16(14)18)20-11-9-19(10-12-20)13-5-2-1-3-6-13/h1-8H,9-12,18H2. The summed E-state index contributed by atoms with van der Waals surface area (Å²) in [6.07, 6.45) is 0. The lowest BCUT2D eigenvalue weighted by Gasteiger charge is -2.37. The van der Waals surface area contributed by atoms with Gasteiger partial charge in [0, 0.05) is 31.9 Å². The van der Waals surface area contributed by atoms with Crippen LogP contribution in [0, 0.1) is 5.82 Å². The van der Waals surface area contributed by atoms with Crippen molar-refractivity contribution in [1.29, 1.82) is 0 Å². The van der Waals surface area contributed by atoms with Crippen LogP contribution in [0.5, 0.6) is 0 Å². The number of anilines is 3. The Morgan fingerprint density at radius 1 is 0.800 bits per heavy atom. The molecule has 3 nitrogen and oxygen atoms in total. The first-order chi connectivity index (χ1) is 9.75. The summed E-state index contributed by atoms with van der Waals surface area (Å²) in [6, 6.07) is 15.4. The van der Waals surface area contributed by atoms with Crippen LogP contribution in [0.4, 0.5) is 21.5 Å². The predicted octanol–water partition coefficient (Wildman–Crippen LogP) is 2.73. The van der Waals surface area contributed by atoms with Crippen molar-refractivity contribution in [1.82, 2.24) is 0 Å². The molecule has 2 aromatic rings. The maximum Gasteiger partial charge on any atom is 0.148 e. The zero-order valence-electron chi connectivity index (χ0n) is 11.3. The Morgan fingerprint density at radius 3 is 2.15 bits per heavy atom. The maximum absolute atomic E-state index is 13.5. The number of nitrogens with zero attached hydrogens (tertiary/aromatic N) is 2. The van der Waals surface area contributed by atoms with E-state index in [0.29, 0.717) is 0 Å². The summed E-state index contributed by atoms with van der Waals surface area (Å²) in [7, 11) is 0. The summed E-state index contributed by atoms with van der Waals surface area (Å²) in [5, 5.41) is 0. The molecule has 2 aromatic carbocycles. The molecule has 1 aliphatic rings. The fraction of sp³-hybridized carbons (Fsp3) is 0.250. The summed E-state index contributed by atoms with van der Waals surface area (Å²) in [5.41, 5.74) is 8.12. The molecule has 0 amide bonds. The normalized spacial score (nSPS) is 15.4. The van der Waals surface area contributed by atoms with Crippen molar-refractivity contribution in [2.75, 3.05) is 41.7 Å². The van der Waals surface area contributed by atoms with E-state index >= 15 is 0 Å². The van der Waals surface area contributed by atoms with Gasteiger partial charge in [0.05, 0.1) is 11.4 Å². The summed E-state index contributed by atoms with van der Waals surface area (Å²) in [4.78, 5) is 4.49. The highest BCUT2D eigenvalue weighted by Gasteiger charge is 2.19. The molecule has 0 bridgehead atoms. The minimum atomic E-state index is -0.340. The lowest BCUT2D eigenvalue weighted by molar-refractivity contribution is 0.625. The minimum Gasteiger partial charge on any atom is -0.395 e. The van der Waals surface area contributed by atoms with E-state index in [9.17, 15) is 4.39 Å². The van der Waals surface area contributed by atoms with Crippen LogP contribution in [0.2, 0.25) is 0 Å². The van der Waals surface area contributed by atoms with Crippen LogP contribution in [0.25, 0.3) is 0 Å². The van der Waals surface area contributed by atoms with E-state index < -0.39 is 0 Å². The molecule has 0 aromatic heterocycles. The van der Waals surface area contributed by atoms with Crippen molar-refractivity contribution in [2.24, 2.45) is 0 Å². The van der Waals surface area contributed by atoms with E-state index in [0.717, 1.165) is 31.9 Å². The van der Waals surface area contributed by atoms with Gasteiger partial charge in [-0.2, -0.15) is 0 Å². The quantitative estimate of drug-likeness (QED) is 0.852. The molecular weight excluding hydrogens is 253 g/mol. The van der Waals surface area contributed by atoms with E-state index in [1.807, 2.05) is 24.3 Å². The average molecular weight is 271 g/mol. The summed E-state index contributed by atoms with van der Waals surface area (Å²) in [6.45, 7) is 3.53. The van der Waals surface area contributed by atoms with Gasteiger partial charge < -0.3 is 15.5 Å². The molecule has 1 heterocycles. The molecular formula is C16H18FN3. The maximum atomic E-state index is 13.5. The monoisotopic (exact) mass is 271 g/mol. The number of piperazine rings is 1. The number of benzene rings is 2. The number of nitrogens with two attached hydrogens (primary N) is 1. The highest BCUT2D eigenvalue weighted by atomic mass is 19.1. The van der Waals surface area contributed by atoms with Gasteiger partial charge in [-0.15, -0.1) is 0 Å². The molecule has 3 rings (SSSR count). The fourth-order valence-electron chi connectivity index (χ4n) is 2.65. The van der Waals surface area contributed by atoms with E-state index in [-0.39, 0.29) is 11.5 Å². The van der Waals surface area contributed by atoms with Crippen molar-refractivity contribution < 1.29 is 4.39 Å². The van der Waals surface area contributed by atoms with Crippen molar-refractivity contribution >= 4 is 17.1 Å². The SMILES string of the molecule is Nc1c(F)cccc1N1CCN(c2ccccc2)CC1. The first kappa shape index (κ1) is 12.8. The van der Waals surface area contributed by atoms with Gasteiger partial charge in [0.25, 0.3) is 0 Å². The second-order valence-corrected chi connectivity index (χ2v) is 4.98. The van der Waals surface area contributed by atoms with Gasteiger partial charge in [-0.3, -0.25) is 0 Å². The van der Waals surface area contributed by atoms with Crippen molar-refractivity contribution in [3.8, 4) is 0 Å². The lowest BCUT2D eigenvalue weighted by Crippen LogP contribution is -2.46. The molecule has 0 radical (unpaired) electrons. The van der Waals surface area contributed by atoms with E-state index in [1.54, 1.807) is 6.07 Å². The van der Waals surface area contributed by atoms with E-state index in [4.69, 9.17) is 5.73 Å². The molecule has 0 aliphatic carbocycles. The highest BCUT2D eigenvalue weighted by Crippen LogP contribution is 2.27. The fourth-order valence-corrected chi connectivity index (χ4v) is 2.65. The van der Waals surface area contributed by atoms with Crippen molar-refractivity contribution in [3.63, 3.8) is 0 Å². The number of hydrogen-bond acceptors (Lipinski definition) is 3. The predicted molar refractivity (Wildman–Crippen MR) is 81.7 cm³/mol. The molecule has 0 spiro atoms. The topological polar surface area (TPSA) is 32.5 Å². The first-order valence-corrected chi connectivity index (χ1v) is 6.84. The van der Waals surface area contributed by atoms with Crippen LogP contribution in [0.3, 0.4) is 0 Å². The van der Waals surface area contributed by atoms with E-state index in [2.05, 4.69) is 21.9 Å². The van der Waals surface area contributed by atoms with Crippen LogP contribution in [0.15, 0.2) is 48.5 Å². The Balaban J connectivity index is 1.71. The molecule has 104 valence electrons. The molecule has 0 atom stereocenters. The number of para-hydroxylation sites is 2. The minimum absolute atomic E-state index is 0.251. The summed E-state index contributed by atoms with van der Waals surface area (Å²) in [5.74, 6) is -0.340. The summed E-state index contributed by atoms with van der Waals surface area (Å²) < 4.78 is 13.5. The molecule has 0 unspecified atom stereocenters. The second-order valence-electron chi connectivity index (χ2n) is 4.98. The Bertz CT molecular complexity index is 578. The largest absolute Gasteiger partial charge is 0.395 e. The molecule has 2 N–H and O–H groups in total. The van der Waals surface area contributed by atoms with Gasteiger partial charge in [0.2, 0.25) is 0 Å². The summed E-state index contributed by atoms with van der Waals surface area (Å²) >= 11 is 0. The molecule has 4 heteroatoms. The average Bonchev–Trinajstić information content (AvgIpc) is 2.51. The van der Waals surface area contributed by atoms with Crippen molar-refractivity contribution in [3.05, 3.63) is 54.3 Å². The Morgan fingerprint density at radius 2 is 1.45 bits per heavy atom. The van der Waals surface area contributed by atoms with E-state index in [1.165, 1.54) is 11.8 Å². The van der Waals surface area contributed by atoms with Crippen LogP contribution in [0.1, 0.15) is 0 Å². The van der Waals surface area contributed by atoms with Gasteiger partial charge in [0.15, 0.2) is 0 Å². The molecule has 1 saturated heterocycles. The zero-order valence-corrected chi connectivity index (χ0v) is 11.3. The van der Waals surface area contributed by atoms with Crippen LogP contribution >= 0.6 is 0 Å². The van der Waals surface area contributed by atoms with Crippen LogP contribution in [-0.2, 0) is 0 Å². The number of rotatable bonds is 2. The zero-order chi connectivity index (χ0) is 13.9. The molecule has 20 heavy (non-hydrogen) atoms. The Hall–Kier alpha value is -2.23. The number of hydrogen-bond donors (Lipinski definition) is 1. The highest BCUT2D eigenvalue weighted by molar-refractivity contribution is 5.68. The number of nitrogen functional groups attached to an aromatic ring is 1. The second kappa shape index (κ2) is 5.41. The third kappa shape index (κ3) is 2.41. The third-order valence-electron chi connectivity index (χ3n) is 3.77. The van der Waals surface area contributed by atoms with Gasteiger partial charge in [-0.25, -0.2) is 4.39 Å². The lowest BCUT2D eigenvalue weighted by atomic mass is 10.2. The van der Waals surface area contributed by atoms with Gasteiger partial charge in [-0.05, 0) is 24.3 Å².